The van der Waals surface area contributed by atoms with E-state index in [2.05, 4.69) is 4.98 Å². The lowest BCUT2D eigenvalue weighted by Gasteiger charge is -2.38. The minimum absolute atomic E-state index is 0.127. The molecule has 0 saturated carbocycles. The van der Waals surface area contributed by atoms with E-state index >= 15 is 0 Å². The molecule has 2 saturated heterocycles. The number of nitrogens with zero attached hydrogens (tertiary/aromatic N) is 3. The smallest absolute Gasteiger partial charge is 0.253 e. The Hall–Kier alpha value is -3.22. The lowest BCUT2D eigenvalue weighted by atomic mass is 9.92. The van der Waals surface area contributed by atoms with Gasteiger partial charge in [0, 0.05) is 37.7 Å². The number of H-pyrrole nitrogens is 1. The average molecular weight is 435 g/mol. The van der Waals surface area contributed by atoms with Crippen LogP contribution in [0.15, 0.2) is 48.5 Å². The van der Waals surface area contributed by atoms with Crippen LogP contribution in [0.1, 0.15) is 47.8 Å². The van der Waals surface area contributed by atoms with Gasteiger partial charge in [0.1, 0.15) is 11.6 Å². The van der Waals surface area contributed by atoms with Crippen LogP contribution in [0.4, 0.5) is 4.39 Å². The van der Waals surface area contributed by atoms with E-state index in [1.54, 1.807) is 4.90 Å². The standard InChI is InChI=1S/C25H27FN4O2/c26-20-11-9-17(10-12-20)24(31)30-14-4-6-19(16-30)25(32)29-13-3-5-18(15-29)23-27-21-7-1-2-8-22(21)28-23/h1-2,7-12,18-19H,3-6,13-16H2,(H,27,28). The molecule has 3 heterocycles. The third-order valence-corrected chi connectivity index (χ3v) is 6.68. The molecular weight excluding hydrogens is 407 g/mol. The molecule has 2 amide bonds. The molecule has 166 valence electrons. The van der Waals surface area contributed by atoms with Crippen LogP contribution in [-0.2, 0) is 4.79 Å². The quantitative estimate of drug-likeness (QED) is 0.678. The van der Waals surface area contributed by atoms with Crippen molar-refractivity contribution in [2.24, 2.45) is 5.92 Å². The summed E-state index contributed by atoms with van der Waals surface area (Å²) in [6.45, 7) is 2.45. The number of piperidine rings is 2. The van der Waals surface area contributed by atoms with E-state index in [-0.39, 0.29) is 29.5 Å². The van der Waals surface area contributed by atoms with E-state index in [4.69, 9.17) is 4.98 Å². The molecule has 2 aliphatic rings. The highest BCUT2D eigenvalue weighted by Gasteiger charge is 2.34. The molecule has 3 aromatic rings. The number of benzene rings is 2. The van der Waals surface area contributed by atoms with Gasteiger partial charge in [-0.05, 0) is 62.1 Å². The van der Waals surface area contributed by atoms with E-state index < -0.39 is 0 Å². The number of imidazole rings is 1. The summed E-state index contributed by atoms with van der Waals surface area (Å²) in [6, 6.07) is 13.6. The van der Waals surface area contributed by atoms with Crippen LogP contribution in [0.5, 0.6) is 0 Å². The van der Waals surface area contributed by atoms with Crippen LogP contribution in [0.3, 0.4) is 0 Å². The topological polar surface area (TPSA) is 69.3 Å². The maximum absolute atomic E-state index is 13.4. The van der Waals surface area contributed by atoms with Gasteiger partial charge in [-0.1, -0.05) is 12.1 Å². The number of amides is 2. The summed E-state index contributed by atoms with van der Waals surface area (Å²) in [6.07, 6.45) is 3.53. The van der Waals surface area contributed by atoms with Crippen molar-refractivity contribution in [2.45, 2.75) is 31.6 Å². The Bertz CT molecular complexity index is 1090. The van der Waals surface area contributed by atoms with E-state index in [1.165, 1.54) is 24.3 Å². The fourth-order valence-electron chi connectivity index (χ4n) is 4.96. The van der Waals surface area contributed by atoms with E-state index in [1.807, 2.05) is 29.2 Å². The number of halogens is 1. The zero-order chi connectivity index (χ0) is 22.1. The first-order chi connectivity index (χ1) is 15.6. The molecular formula is C25H27FN4O2. The van der Waals surface area contributed by atoms with Crippen LogP contribution >= 0.6 is 0 Å². The number of nitrogens with one attached hydrogen (secondary N) is 1. The number of likely N-dealkylation sites (tertiary alicyclic amines) is 2. The molecule has 0 spiro atoms. The molecule has 7 heteroatoms. The van der Waals surface area contributed by atoms with Crippen LogP contribution in [0.25, 0.3) is 11.0 Å². The summed E-state index contributed by atoms with van der Waals surface area (Å²) in [4.78, 5) is 38.1. The largest absolute Gasteiger partial charge is 0.342 e. The highest BCUT2D eigenvalue weighted by molar-refractivity contribution is 5.94. The highest BCUT2D eigenvalue weighted by Crippen LogP contribution is 2.29. The molecule has 32 heavy (non-hydrogen) atoms. The first kappa shape index (κ1) is 20.7. The number of hydrogen-bond acceptors (Lipinski definition) is 3. The Morgan fingerprint density at radius 3 is 2.50 bits per heavy atom. The van der Waals surface area contributed by atoms with Crippen LogP contribution < -0.4 is 0 Å². The zero-order valence-corrected chi connectivity index (χ0v) is 18.0. The summed E-state index contributed by atoms with van der Waals surface area (Å²) in [5, 5.41) is 0. The predicted octanol–water partition coefficient (Wildman–Crippen LogP) is 3.96. The van der Waals surface area contributed by atoms with E-state index in [0.29, 0.717) is 25.2 Å². The average Bonchev–Trinajstić information content (AvgIpc) is 3.28. The summed E-state index contributed by atoms with van der Waals surface area (Å²) in [5.74, 6) is 0.574. The minimum Gasteiger partial charge on any atom is -0.342 e. The predicted molar refractivity (Wildman–Crippen MR) is 120 cm³/mol. The Labute approximate surface area is 186 Å². The molecule has 2 unspecified atom stereocenters. The number of carbonyl (C=O) groups excluding carboxylic acids is 2. The fraction of sp³-hybridized carbons (Fsp3) is 0.400. The molecule has 2 atom stereocenters. The first-order valence-corrected chi connectivity index (χ1v) is 11.4. The van der Waals surface area contributed by atoms with Crippen molar-refractivity contribution in [3.05, 3.63) is 65.7 Å². The van der Waals surface area contributed by atoms with Gasteiger partial charge in [0.2, 0.25) is 5.91 Å². The second-order valence-corrected chi connectivity index (χ2v) is 8.86. The molecule has 0 bridgehead atoms. The lowest BCUT2D eigenvalue weighted by Crippen LogP contribution is -2.49. The third-order valence-electron chi connectivity index (χ3n) is 6.68. The van der Waals surface area contributed by atoms with Crippen molar-refractivity contribution in [3.63, 3.8) is 0 Å². The van der Waals surface area contributed by atoms with Gasteiger partial charge in [0.05, 0.1) is 17.0 Å². The molecule has 2 fully saturated rings. The Balaban J connectivity index is 1.25. The number of para-hydroxylation sites is 2. The second kappa shape index (κ2) is 8.73. The van der Waals surface area contributed by atoms with Gasteiger partial charge < -0.3 is 14.8 Å². The Morgan fingerprint density at radius 2 is 1.69 bits per heavy atom. The number of fused-ring (bicyclic) bond motifs is 1. The number of hydrogen-bond donors (Lipinski definition) is 1. The first-order valence-electron chi connectivity index (χ1n) is 11.4. The molecule has 1 aromatic heterocycles. The molecule has 5 rings (SSSR count). The van der Waals surface area contributed by atoms with Crippen molar-refractivity contribution in [1.82, 2.24) is 19.8 Å². The van der Waals surface area contributed by atoms with Gasteiger partial charge in [-0.2, -0.15) is 0 Å². The Morgan fingerprint density at radius 1 is 0.938 bits per heavy atom. The Kier molecular flexibility index (Phi) is 5.64. The summed E-state index contributed by atoms with van der Waals surface area (Å²) in [7, 11) is 0. The van der Waals surface area contributed by atoms with Gasteiger partial charge in [0.15, 0.2) is 0 Å². The summed E-state index contributed by atoms with van der Waals surface area (Å²) in [5.41, 5.74) is 2.43. The van der Waals surface area contributed by atoms with Crippen molar-refractivity contribution < 1.29 is 14.0 Å². The second-order valence-electron chi connectivity index (χ2n) is 8.86. The van der Waals surface area contributed by atoms with Crippen LogP contribution in [0, 0.1) is 11.7 Å². The normalized spacial score (nSPS) is 21.7. The molecule has 6 nitrogen and oxygen atoms in total. The van der Waals surface area contributed by atoms with Gasteiger partial charge in [0.25, 0.3) is 5.91 Å². The van der Waals surface area contributed by atoms with E-state index in [9.17, 15) is 14.0 Å². The van der Waals surface area contributed by atoms with Gasteiger partial charge >= 0.3 is 0 Å². The maximum Gasteiger partial charge on any atom is 0.253 e. The number of aromatic nitrogens is 2. The summed E-state index contributed by atoms with van der Waals surface area (Å²) >= 11 is 0. The van der Waals surface area contributed by atoms with Crippen LogP contribution in [-0.4, -0.2) is 57.8 Å². The number of aromatic amines is 1. The van der Waals surface area contributed by atoms with Crippen molar-refractivity contribution in [2.75, 3.05) is 26.2 Å². The monoisotopic (exact) mass is 434 g/mol. The van der Waals surface area contributed by atoms with Crippen LogP contribution in [0.2, 0.25) is 0 Å². The zero-order valence-electron chi connectivity index (χ0n) is 18.0. The lowest BCUT2D eigenvalue weighted by molar-refractivity contribution is -0.138. The SMILES string of the molecule is O=C(c1ccc(F)cc1)N1CCCC(C(=O)N2CCCC(c3nc4ccccc4[nH]3)C2)C1. The van der Waals surface area contributed by atoms with E-state index in [0.717, 1.165) is 49.1 Å². The minimum atomic E-state index is -0.364. The van der Waals surface area contributed by atoms with Crippen molar-refractivity contribution >= 4 is 22.8 Å². The van der Waals surface area contributed by atoms with Crippen molar-refractivity contribution in [1.29, 1.82) is 0 Å². The molecule has 2 aliphatic heterocycles. The van der Waals surface area contributed by atoms with Crippen molar-refractivity contribution in [3.8, 4) is 0 Å². The number of carbonyl (C=O) groups is 2. The third kappa shape index (κ3) is 4.11. The van der Waals surface area contributed by atoms with Gasteiger partial charge in [-0.15, -0.1) is 0 Å². The molecule has 0 aliphatic carbocycles. The van der Waals surface area contributed by atoms with Gasteiger partial charge in [-0.25, -0.2) is 9.37 Å². The fourth-order valence-corrected chi connectivity index (χ4v) is 4.96. The van der Waals surface area contributed by atoms with Gasteiger partial charge in [-0.3, -0.25) is 9.59 Å². The summed E-state index contributed by atoms with van der Waals surface area (Å²) < 4.78 is 13.2. The molecule has 0 radical (unpaired) electrons. The maximum atomic E-state index is 13.4. The highest BCUT2D eigenvalue weighted by atomic mass is 19.1. The molecule has 2 aromatic carbocycles. The number of rotatable bonds is 3. The molecule has 1 N–H and O–H groups in total.